The van der Waals surface area contributed by atoms with Crippen molar-refractivity contribution < 1.29 is 23.8 Å². The Morgan fingerprint density at radius 1 is 1.21 bits per heavy atom. The molecule has 1 amide bonds. The molecular weight excluding hydrogens is 370 g/mol. The molecule has 2 aliphatic rings. The number of allylic oxidation sites excluding steroid dienone is 1. The highest BCUT2D eigenvalue weighted by Gasteiger charge is 2.40. The Labute approximate surface area is 172 Å². The van der Waals surface area contributed by atoms with E-state index in [0.717, 1.165) is 12.0 Å². The summed E-state index contributed by atoms with van der Waals surface area (Å²) in [6.07, 6.45) is 4.74. The molecule has 0 N–H and O–H groups in total. The van der Waals surface area contributed by atoms with Gasteiger partial charge in [-0.2, -0.15) is 0 Å². The molecule has 2 aliphatic heterocycles. The number of carbonyl (C=O) groups excluding carboxylic acids is 2. The number of benzene rings is 1. The van der Waals surface area contributed by atoms with Crippen molar-refractivity contribution in [1.29, 1.82) is 0 Å². The summed E-state index contributed by atoms with van der Waals surface area (Å²) in [7, 11) is 0. The summed E-state index contributed by atoms with van der Waals surface area (Å²) in [6, 6.07) is 5.04. The van der Waals surface area contributed by atoms with Gasteiger partial charge in [-0.1, -0.05) is 18.2 Å². The first-order valence-electron chi connectivity index (χ1n) is 9.93. The summed E-state index contributed by atoms with van der Waals surface area (Å²) >= 11 is 0. The number of fused-ring (bicyclic) bond motifs is 1. The van der Waals surface area contributed by atoms with E-state index in [9.17, 15) is 9.59 Å². The summed E-state index contributed by atoms with van der Waals surface area (Å²) in [4.78, 5) is 27.7. The highest BCUT2D eigenvalue weighted by atomic mass is 16.7. The zero-order valence-corrected chi connectivity index (χ0v) is 17.3. The Morgan fingerprint density at radius 2 is 1.93 bits per heavy atom. The Kier molecular flexibility index (Phi) is 6.01. The zero-order valence-electron chi connectivity index (χ0n) is 17.3. The molecule has 1 fully saturated rings. The topological polar surface area (TPSA) is 65.1 Å². The summed E-state index contributed by atoms with van der Waals surface area (Å²) in [5.41, 5.74) is 0.290. The average Bonchev–Trinajstić information content (AvgIpc) is 3.32. The summed E-state index contributed by atoms with van der Waals surface area (Å²) in [6.45, 7) is 14.0. The summed E-state index contributed by atoms with van der Waals surface area (Å²) in [5.74, 6) is -0.00870. The van der Waals surface area contributed by atoms with Crippen LogP contribution in [-0.4, -0.2) is 41.8 Å². The molecule has 1 aromatic rings. The maximum Gasteiger partial charge on any atom is 0.329 e. The summed E-state index contributed by atoms with van der Waals surface area (Å²) < 4.78 is 16.4. The number of rotatable bonds is 6. The highest BCUT2D eigenvalue weighted by molar-refractivity contribution is 5.88. The van der Waals surface area contributed by atoms with E-state index in [0.29, 0.717) is 24.5 Å². The van der Waals surface area contributed by atoms with E-state index in [-0.39, 0.29) is 24.6 Å². The lowest BCUT2D eigenvalue weighted by Crippen LogP contribution is -2.46. The molecule has 3 atom stereocenters. The molecule has 3 rings (SSSR count). The molecule has 6 heteroatoms. The van der Waals surface area contributed by atoms with Crippen molar-refractivity contribution in [3.05, 3.63) is 49.1 Å². The van der Waals surface area contributed by atoms with Crippen molar-refractivity contribution in [2.75, 3.05) is 13.3 Å². The van der Waals surface area contributed by atoms with Crippen LogP contribution in [0.1, 0.15) is 45.1 Å². The summed E-state index contributed by atoms with van der Waals surface area (Å²) in [5, 5.41) is 0. The maximum atomic E-state index is 13.4. The van der Waals surface area contributed by atoms with Gasteiger partial charge in [0.25, 0.3) is 0 Å². The highest BCUT2D eigenvalue weighted by Crippen LogP contribution is 2.38. The lowest BCUT2D eigenvalue weighted by molar-refractivity contribution is -0.163. The minimum absolute atomic E-state index is 0.143. The zero-order chi connectivity index (χ0) is 21.2. The van der Waals surface area contributed by atoms with E-state index in [1.54, 1.807) is 17.1 Å². The largest absolute Gasteiger partial charge is 0.458 e. The molecule has 1 saturated heterocycles. The van der Waals surface area contributed by atoms with Crippen LogP contribution >= 0.6 is 0 Å². The molecule has 0 bridgehead atoms. The molecule has 0 saturated carbocycles. The van der Waals surface area contributed by atoms with Gasteiger partial charge in [-0.05, 0) is 51.3 Å². The molecule has 156 valence electrons. The number of esters is 1. The van der Waals surface area contributed by atoms with E-state index >= 15 is 0 Å². The van der Waals surface area contributed by atoms with Crippen LogP contribution in [0.4, 0.5) is 0 Å². The number of carbonyl (C=O) groups is 2. The number of likely N-dealkylation sites (tertiary alicyclic amines) is 1. The van der Waals surface area contributed by atoms with Gasteiger partial charge < -0.3 is 19.1 Å². The number of hydrogen-bond acceptors (Lipinski definition) is 5. The number of hydrogen-bond donors (Lipinski definition) is 0. The predicted molar refractivity (Wildman–Crippen MR) is 110 cm³/mol. The second-order valence-electron chi connectivity index (χ2n) is 8.36. The Bertz CT molecular complexity index is 810. The van der Waals surface area contributed by atoms with Crippen LogP contribution < -0.4 is 9.47 Å². The Morgan fingerprint density at radius 3 is 2.59 bits per heavy atom. The third-order valence-corrected chi connectivity index (χ3v) is 5.18. The Balaban J connectivity index is 1.82. The van der Waals surface area contributed by atoms with Gasteiger partial charge >= 0.3 is 5.97 Å². The first-order chi connectivity index (χ1) is 13.7. The number of amides is 1. The molecule has 0 radical (unpaired) electrons. The van der Waals surface area contributed by atoms with Gasteiger partial charge in [0, 0.05) is 12.5 Å². The van der Waals surface area contributed by atoms with E-state index in [1.807, 2.05) is 39.0 Å². The van der Waals surface area contributed by atoms with E-state index in [4.69, 9.17) is 14.2 Å². The van der Waals surface area contributed by atoms with Gasteiger partial charge in [0.2, 0.25) is 12.7 Å². The average molecular weight is 399 g/mol. The van der Waals surface area contributed by atoms with E-state index in [1.165, 1.54) is 0 Å². The van der Waals surface area contributed by atoms with E-state index in [2.05, 4.69) is 13.2 Å². The monoisotopic (exact) mass is 399 g/mol. The standard InChI is InChI=1S/C23H29NO5/c1-6-16(15-10-11-19-20(13-15)28-14-27-19)17(7-2)21(25)24-12-8-9-18(24)22(26)29-23(3,4)5/h6-7,10-11,13,16-18H,1-2,8-9,12,14H2,3-5H3/t16-,17-,18+/m1/s1. The second kappa shape index (κ2) is 8.31. The molecular formula is C23H29NO5. The fraction of sp³-hybridized carbons (Fsp3) is 0.478. The fourth-order valence-electron chi connectivity index (χ4n) is 3.85. The molecule has 2 heterocycles. The van der Waals surface area contributed by atoms with Gasteiger partial charge in [-0.25, -0.2) is 4.79 Å². The molecule has 29 heavy (non-hydrogen) atoms. The van der Waals surface area contributed by atoms with Crippen molar-refractivity contribution in [2.45, 2.75) is 51.2 Å². The van der Waals surface area contributed by atoms with Crippen molar-refractivity contribution in [2.24, 2.45) is 5.92 Å². The van der Waals surface area contributed by atoms with Crippen LogP contribution in [0.25, 0.3) is 0 Å². The minimum atomic E-state index is -0.595. The molecule has 0 aliphatic carbocycles. The van der Waals surface area contributed by atoms with Crippen molar-refractivity contribution in [3.63, 3.8) is 0 Å². The first-order valence-corrected chi connectivity index (χ1v) is 9.93. The second-order valence-corrected chi connectivity index (χ2v) is 8.36. The fourth-order valence-corrected chi connectivity index (χ4v) is 3.85. The van der Waals surface area contributed by atoms with Gasteiger partial charge in [-0.3, -0.25) is 4.79 Å². The maximum absolute atomic E-state index is 13.4. The number of nitrogens with zero attached hydrogens (tertiary/aromatic N) is 1. The molecule has 6 nitrogen and oxygen atoms in total. The van der Waals surface area contributed by atoms with E-state index < -0.39 is 17.6 Å². The lowest BCUT2D eigenvalue weighted by atomic mass is 9.84. The lowest BCUT2D eigenvalue weighted by Gasteiger charge is -2.31. The van der Waals surface area contributed by atoms with Crippen LogP contribution in [0.2, 0.25) is 0 Å². The third-order valence-electron chi connectivity index (χ3n) is 5.18. The molecule has 0 spiro atoms. The van der Waals surface area contributed by atoms with Crippen LogP contribution in [0.3, 0.4) is 0 Å². The minimum Gasteiger partial charge on any atom is -0.458 e. The van der Waals surface area contributed by atoms with Gasteiger partial charge in [0.05, 0.1) is 5.92 Å². The SMILES string of the molecule is C=C[C@H](c1ccc2c(c1)OCO2)[C@@H](C=C)C(=O)N1CCC[C@H]1C(=O)OC(C)(C)C. The van der Waals surface area contributed by atoms with Crippen molar-refractivity contribution in [1.82, 2.24) is 4.90 Å². The first kappa shape index (κ1) is 21.0. The third kappa shape index (κ3) is 4.47. The van der Waals surface area contributed by atoms with Gasteiger partial charge in [0.1, 0.15) is 11.6 Å². The molecule has 0 aromatic heterocycles. The van der Waals surface area contributed by atoms with Crippen LogP contribution in [0, 0.1) is 5.92 Å². The van der Waals surface area contributed by atoms with Crippen LogP contribution in [0.15, 0.2) is 43.5 Å². The smallest absolute Gasteiger partial charge is 0.329 e. The number of ether oxygens (including phenoxy) is 3. The predicted octanol–water partition coefficient (Wildman–Crippen LogP) is 3.82. The van der Waals surface area contributed by atoms with Gasteiger partial charge in [-0.15, -0.1) is 13.2 Å². The van der Waals surface area contributed by atoms with Gasteiger partial charge in [0.15, 0.2) is 11.5 Å². The van der Waals surface area contributed by atoms with Crippen LogP contribution in [-0.2, 0) is 14.3 Å². The van der Waals surface area contributed by atoms with Crippen LogP contribution in [0.5, 0.6) is 11.5 Å². The van der Waals surface area contributed by atoms with Crippen molar-refractivity contribution >= 4 is 11.9 Å². The quantitative estimate of drug-likeness (QED) is 0.537. The normalized spacial score (nSPS) is 20.1. The Hall–Kier alpha value is -2.76. The molecule has 1 aromatic carbocycles. The molecule has 0 unspecified atom stereocenters. The van der Waals surface area contributed by atoms with Crippen molar-refractivity contribution in [3.8, 4) is 11.5 Å².